The number of aryl methyl sites for hydroxylation is 1. The molecular formula is C23H34Li2O4. The van der Waals surface area contributed by atoms with Crippen molar-refractivity contribution in [1.82, 2.24) is 0 Å². The van der Waals surface area contributed by atoms with E-state index in [1.165, 1.54) is 82.4 Å². The monoisotopic (exact) mass is 388 g/mol. The Kier molecular flexibility index (Phi) is 20.4. The molecular weight excluding hydrogens is 354 g/mol. The van der Waals surface area contributed by atoms with E-state index in [0.717, 1.165) is 19.3 Å². The molecule has 0 aliphatic carbocycles. The average Bonchev–Trinajstić information content (AvgIpc) is 2.65. The van der Waals surface area contributed by atoms with Crippen molar-refractivity contribution in [2.45, 2.75) is 96.8 Å². The third kappa shape index (κ3) is 14.1. The first-order chi connectivity index (χ1) is 13.1. The molecule has 0 saturated heterocycles. The van der Waals surface area contributed by atoms with Crippen LogP contribution < -0.4 is 47.9 Å². The van der Waals surface area contributed by atoms with Crippen LogP contribution in [0.3, 0.4) is 0 Å². The van der Waals surface area contributed by atoms with Crippen LogP contribution in [0.4, 0.5) is 0 Å². The summed E-state index contributed by atoms with van der Waals surface area (Å²) in [5.41, 5.74) is 0.628. The van der Waals surface area contributed by atoms with Gasteiger partial charge in [0.2, 0.25) is 0 Å². The summed E-state index contributed by atoms with van der Waals surface area (Å²) in [5.74, 6) is -2.55. The van der Waals surface area contributed by atoms with Gasteiger partial charge in [-0.3, -0.25) is 0 Å². The molecule has 0 amide bonds. The first-order valence-corrected chi connectivity index (χ1v) is 10.6. The van der Waals surface area contributed by atoms with Crippen molar-refractivity contribution in [3.8, 4) is 0 Å². The Hall–Kier alpha value is -0.645. The summed E-state index contributed by atoms with van der Waals surface area (Å²) >= 11 is 0. The standard InChI is InChI=1S/C23H36O4.2Li/c1-2-3-4-5-6-7-8-9-10-11-12-13-14-15-19-18-20(22(24)25)16-17-21(19)23(26)27;;/h16-18H,2-15H2,1H3,(H,24,25)(H,26,27);;/q;2*+1/p-2. The quantitative estimate of drug-likeness (QED) is 0.244. The van der Waals surface area contributed by atoms with Crippen LogP contribution >= 0.6 is 0 Å². The normalized spacial score (nSPS) is 10.1. The fourth-order valence-electron chi connectivity index (χ4n) is 3.46. The SMILES string of the molecule is CCCCCCCCCCCCCCCc1cc(C(=O)[O-])ccc1C(=O)[O-].[Li+].[Li+]. The zero-order chi connectivity index (χ0) is 19.9. The van der Waals surface area contributed by atoms with E-state index in [1.54, 1.807) is 0 Å². The number of rotatable bonds is 16. The van der Waals surface area contributed by atoms with Gasteiger partial charge in [0.1, 0.15) is 0 Å². The number of hydrogen-bond acceptors (Lipinski definition) is 4. The Morgan fingerprint density at radius 3 is 1.55 bits per heavy atom. The second-order valence-corrected chi connectivity index (χ2v) is 7.44. The molecule has 29 heavy (non-hydrogen) atoms. The van der Waals surface area contributed by atoms with E-state index in [0.29, 0.717) is 12.0 Å². The summed E-state index contributed by atoms with van der Waals surface area (Å²) in [7, 11) is 0. The maximum atomic E-state index is 11.2. The van der Waals surface area contributed by atoms with Crippen LogP contribution in [0.5, 0.6) is 0 Å². The minimum atomic E-state index is -1.29. The summed E-state index contributed by atoms with van der Waals surface area (Å²) in [6.45, 7) is 2.24. The largest absolute Gasteiger partial charge is 1.00 e. The van der Waals surface area contributed by atoms with Gasteiger partial charge < -0.3 is 19.8 Å². The minimum absolute atomic E-state index is 0. The van der Waals surface area contributed by atoms with Gasteiger partial charge in [0.15, 0.2) is 0 Å². The number of carboxylic acid groups (broad SMARTS) is 2. The molecule has 152 valence electrons. The van der Waals surface area contributed by atoms with Crippen LogP contribution in [0.15, 0.2) is 18.2 Å². The van der Waals surface area contributed by atoms with Crippen LogP contribution in [0, 0.1) is 0 Å². The van der Waals surface area contributed by atoms with E-state index in [2.05, 4.69) is 6.92 Å². The molecule has 0 radical (unpaired) electrons. The summed E-state index contributed by atoms with van der Waals surface area (Å²) in [4.78, 5) is 22.1. The third-order valence-corrected chi connectivity index (χ3v) is 5.11. The second kappa shape index (κ2) is 19.3. The molecule has 1 aromatic carbocycles. The van der Waals surface area contributed by atoms with Gasteiger partial charge in [-0.2, -0.15) is 0 Å². The van der Waals surface area contributed by atoms with Crippen molar-refractivity contribution >= 4 is 11.9 Å². The van der Waals surface area contributed by atoms with Crippen molar-refractivity contribution in [2.75, 3.05) is 0 Å². The Morgan fingerprint density at radius 2 is 1.14 bits per heavy atom. The van der Waals surface area contributed by atoms with E-state index < -0.39 is 11.9 Å². The number of carbonyl (C=O) groups excluding carboxylic acids is 2. The Morgan fingerprint density at radius 1 is 0.690 bits per heavy atom. The maximum Gasteiger partial charge on any atom is 1.00 e. The number of benzene rings is 1. The summed E-state index contributed by atoms with van der Waals surface area (Å²) in [6, 6.07) is 3.97. The van der Waals surface area contributed by atoms with Gasteiger partial charge in [0.25, 0.3) is 0 Å². The first-order valence-electron chi connectivity index (χ1n) is 10.6. The molecule has 0 N–H and O–H groups in total. The van der Waals surface area contributed by atoms with Gasteiger partial charge in [-0.05, 0) is 30.0 Å². The van der Waals surface area contributed by atoms with Crippen molar-refractivity contribution in [3.05, 3.63) is 34.9 Å². The van der Waals surface area contributed by atoms with Crippen molar-refractivity contribution in [1.29, 1.82) is 0 Å². The van der Waals surface area contributed by atoms with E-state index in [-0.39, 0.29) is 48.8 Å². The maximum absolute atomic E-state index is 11.2. The molecule has 0 unspecified atom stereocenters. The van der Waals surface area contributed by atoms with Crippen molar-refractivity contribution < 1.29 is 57.5 Å². The Balaban J connectivity index is 0. The zero-order valence-electron chi connectivity index (χ0n) is 18.8. The van der Waals surface area contributed by atoms with Gasteiger partial charge in [-0.25, -0.2) is 0 Å². The average molecular weight is 388 g/mol. The van der Waals surface area contributed by atoms with Crippen LogP contribution in [0.1, 0.15) is 117 Å². The van der Waals surface area contributed by atoms with E-state index >= 15 is 0 Å². The molecule has 1 aromatic rings. The number of unbranched alkanes of at least 4 members (excludes halogenated alkanes) is 12. The Labute approximate surface area is 200 Å². The molecule has 4 nitrogen and oxygen atoms in total. The molecule has 0 saturated carbocycles. The minimum Gasteiger partial charge on any atom is -0.545 e. The topological polar surface area (TPSA) is 80.3 Å². The summed E-state index contributed by atoms with van der Waals surface area (Å²) < 4.78 is 0. The molecule has 0 bridgehead atoms. The molecule has 0 spiro atoms. The Bertz CT molecular complexity index is 576. The fourth-order valence-corrected chi connectivity index (χ4v) is 3.46. The van der Waals surface area contributed by atoms with Crippen LogP contribution in [0.25, 0.3) is 0 Å². The molecule has 0 atom stereocenters. The smallest absolute Gasteiger partial charge is 0.545 e. The van der Waals surface area contributed by atoms with E-state index in [9.17, 15) is 19.8 Å². The molecule has 1 rings (SSSR count). The van der Waals surface area contributed by atoms with Crippen LogP contribution in [0.2, 0.25) is 0 Å². The van der Waals surface area contributed by atoms with Crippen molar-refractivity contribution in [2.24, 2.45) is 0 Å². The van der Waals surface area contributed by atoms with Crippen LogP contribution in [-0.2, 0) is 6.42 Å². The molecule has 0 aromatic heterocycles. The number of hydrogen-bond donors (Lipinski definition) is 0. The molecule has 0 aliphatic rings. The van der Waals surface area contributed by atoms with Gasteiger partial charge in [0, 0.05) is 5.56 Å². The van der Waals surface area contributed by atoms with E-state index in [1.807, 2.05) is 0 Å². The van der Waals surface area contributed by atoms with E-state index in [4.69, 9.17) is 0 Å². The molecule has 0 aliphatic heterocycles. The van der Waals surface area contributed by atoms with Gasteiger partial charge in [-0.1, -0.05) is 96.1 Å². The van der Waals surface area contributed by atoms with Gasteiger partial charge in [0.05, 0.1) is 11.9 Å². The first kappa shape index (κ1) is 30.5. The van der Waals surface area contributed by atoms with Crippen LogP contribution in [-0.4, -0.2) is 11.9 Å². The number of carboxylic acids is 2. The number of aromatic carboxylic acids is 2. The number of carbonyl (C=O) groups is 2. The third-order valence-electron chi connectivity index (χ3n) is 5.11. The van der Waals surface area contributed by atoms with Gasteiger partial charge in [-0.15, -0.1) is 0 Å². The van der Waals surface area contributed by atoms with Crippen molar-refractivity contribution in [3.63, 3.8) is 0 Å². The summed E-state index contributed by atoms with van der Waals surface area (Å²) in [6.07, 6.45) is 16.8. The fraction of sp³-hybridized carbons (Fsp3) is 0.652. The second-order valence-electron chi connectivity index (χ2n) is 7.44. The molecule has 6 heteroatoms. The van der Waals surface area contributed by atoms with Gasteiger partial charge >= 0.3 is 37.7 Å². The zero-order valence-corrected chi connectivity index (χ0v) is 18.8. The molecule has 0 heterocycles. The molecule has 0 fully saturated rings. The predicted octanol–water partition coefficient (Wildman–Crippen LogP) is -1.94. The summed E-state index contributed by atoms with van der Waals surface area (Å²) in [5, 5.41) is 22.1. The predicted molar refractivity (Wildman–Crippen MR) is 105 cm³/mol.